The third-order valence-corrected chi connectivity index (χ3v) is 4.98. The Morgan fingerprint density at radius 1 is 1.32 bits per heavy atom. The van der Waals surface area contributed by atoms with Gasteiger partial charge in [-0.2, -0.15) is 0 Å². The molecule has 1 N–H and O–H groups in total. The van der Waals surface area contributed by atoms with E-state index in [9.17, 15) is 14.7 Å². The molecule has 1 aliphatic rings. The molecule has 1 saturated heterocycles. The van der Waals surface area contributed by atoms with Crippen LogP contribution in [0.25, 0.3) is 10.6 Å². The number of rotatable bonds is 3. The van der Waals surface area contributed by atoms with Crippen molar-refractivity contribution in [1.82, 2.24) is 9.88 Å². The fraction of sp³-hybridized carbons (Fsp3) is 0.312. The zero-order valence-corrected chi connectivity index (χ0v) is 13.0. The molecule has 3 rings (SSSR count). The molecule has 22 heavy (non-hydrogen) atoms. The second-order valence-corrected chi connectivity index (χ2v) is 6.40. The first-order valence-corrected chi connectivity index (χ1v) is 7.96. The Balaban J connectivity index is 1.88. The number of benzene rings is 1. The second kappa shape index (κ2) is 5.53. The zero-order valence-electron chi connectivity index (χ0n) is 12.2. The number of likely N-dealkylation sites (tertiary alicyclic amines) is 1. The van der Waals surface area contributed by atoms with Crippen LogP contribution < -0.4 is 0 Å². The Kier molecular flexibility index (Phi) is 3.70. The summed E-state index contributed by atoms with van der Waals surface area (Å²) in [5, 5.41) is 11.9. The van der Waals surface area contributed by atoms with E-state index in [4.69, 9.17) is 0 Å². The minimum Gasteiger partial charge on any atom is -0.480 e. The summed E-state index contributed by atoms with van der Waals surface area (Å²) in [5.74, 6) is -1.27. The van der Waals surface area contributed by atoms with Crippen molar-refractivity contribution >= 4 is 23.2 Å². The van der Waals surface area contributed by atoms with Crippen LogP contribution in [0.3, 0.4) is 0 Å². The number of carboxylic acids is 1. The summed E-state index contributed by atoms with van der Waals surface area (Å²) >= 11 is 1.39. The maximum atomic E-state index is 12.6. The number of aliphatic carboxylic acids is 1. The molecule has 0 bridgehead atoms. The third kappa shape index (κ3) is 2.39. The highest BCUT2D eigenvalue weighted by Crippen LogP contribution is 2.32. The van der Waals surface area contributed by atoms with Gasteiger partial charge in [-0.3, -0.25) is 4.79 Å². The highest BCUT2D eigenvalue weighted by atomic mass is 32.1. The number of nitrogens with zero attached hydrogens (tertiary/aromatic N) is 2. The molecule has 2 heterocycles. The lowest BCUT2D eigenvalue weighted by atomic mass is 9.99. The Bertz CT molecular complexity index is 713. The van der Waals surface area contributed by atoms with Crippen molar-refractivity contribution in [3.05, 3.63) is 41.4 Å². The van der Waals surface area contributed by atoms with Crippen LogP contribution in [0, 0.1) is 0 Å². The fourth-order valence-electron chi connectivity index (χ4n) is 2.73. The molecule has 1 fully saturated rings. The van der Waals surface area contributed by atoms with E-state index in [1.807, 2.05) is 30.3 Å². The summed E-state index contributed by atoms with van der Waals surface area (Å²) in [6.45, 7) is 2.06. The van der Waals surface area contributed by atoms with Gasteiger partial charge in [0.1, 0.15) is 16.2 Å². The van der Waals surface area contributed by atoms with E-state index >= 15 is 0 Å². The molecular formula is C16H16N2O3S. The van der Waals surface area contributed by atoms with E-state index in [1.54, 1.807) is 12.3 Å². The number of carbonyl (C=O) groups is 2. The summed E-state index contributed by atoms with van der Waals surface area (Å²) in [6.07, 6.45) is 1.17. The zero-order chi connectivity index (χ0) is 15.7. The van der Waals surface area contributed by atoms with Crippen molar-refractivity contribution in [3.8, 4) is 10.6 Å². The van der Waals surface area contributed by atoms with Gasteiger partial charge in [0.05, 0.1) is 0 Å². The van der Waals surface area contributed by atoms with Crippen LogP contribution >= 0.6 is 11.3 Å². The van der Waals surface area contributed by atoms with Crippen molar-refractivity contribution < 1.29 is 14.7 Å². The highest BCUT2D eigenvalue weighted by molar-refractivity contribution is 7.13. The fourth-order valence-corrected chi connectivity index (χ4v) is 3.53. The monoisotopic (exact) mass is 316 g/mol. The molecule has 1 amide bonds. The molecule has 6 heteroatoms. The van der Waals surface area contributed by atoms with Crippen LogP contribution in [-0.2, 0) is 4.79 Å². The van der Waals surface area contributed by atoms with Gasteiger partial charge < -0.3 is 10.0 Å². The number of thiazole rings is 1. The Morgan fingerprint density at radius 3 is 2.73 bits per heavy atom. The average molecular weight is 316 g/mol. The smallest absolute Gasteiger partial charge is 0.329 e. The van der Waals surface area contributed by atoms with Crippen LogP contribution in [0.2, 0.25) is 0 Å². The van der Waals surface area contributed by atoms with E-state index in [1.165, 1.54) is 16.2 Å². The summed E-state index contributed by atoms with van der Waals surface area (Å²) in [4.78, 5) is 29.9. The van der Waals surface area contributed by atoms with Gasteiger partial charge in [0.2, 0.25) is 0 Å². The van der Waals surface area contributed by atoms with E-state index in [-0.39, 0.29) is 5.91 Å². The summed E-state index contributed by atoms with van der Waals surface area (Å²) < 4.78 is 0. The molecule has 5 nitrogen and oxygen atoms in total. The summed E-state index contributed by atoms with van der Waals surface area (Å²) in [7, 11) is 0. The lowest BCUT2D eigenvalue weighted by Crippen LogP contribution is -2.50. The number of carbonyl (C=O) groups excluding carboxylic acids is 1. The number of amides is 1. The molecule has 1 aromatic carbocycles. The average Bonchev–Trinajstić information content (AvgIpc) is 3.15. The van der Waals surface area contributed by atoms with Gasteiger partial charge in [-0.25, -0.2) is 9.78 Å². The molecule has 2 aromatic rings. The molecule has 1 aliphatic heterocycles. The number of carboxylic acid groups (broad SMARTS) is 1. The molecule has 0 saturated carbocycles. The predicted molar refractivity (Wildman–Crippen MR) is 83.9 cm³/mol. The van der Waals surface area contributed by atoms with E-state index in [0.29, 0.717) is 25.1 Å². The van der Waals surface area contributed by atoms with Crippen LogP contribution in [-0.4, -0.2) is 39.0 Å². The molecule has 1 aromatic heterocycles. The van der Waals surface area contributed by atoms with Crippen molar-refractivity contribution in [2.45, 2.75) is 25.3 Å². The quantitative estimate of drug-likeness (QED) is 0.945. The molecule has 1 atom stereocenters. The molecule has 0 radical (unpaired) electrons. The number of hydrogen-bond donors (Lipinski definition) is 1. The first-order chi connectivity index (χ1) is 10.5. The molecular weight excluding hydrogens is 300 g/mol. The lowest BCUT2D eigenvalue weighted by molar-refractivity contribution is -0.147. The first kappa shape index (κ1) is 14.7. The van der Waals surface area contributed by atoms with Gasteiger partial charge in [0.25, 0.3) is 5.91 Å². The van der Waals surface area contributed by atoms with Gasteiger partial charge in [0.15, 0.2) is 0 Å². The third-order valence-electron chi connectivity index (χ3n) is 4.09. The lowest BCUT2D eigenvalue weighted by Gasteiger charge is -2.30. The Morgan fingerprint density at radius 2 is 2.05 bits per heavy atom. The maximum Gasteiger partial charge on any atom is 0.329 e. The van der Waals surface area contributed by atoms with Gasteiger partial charge in [-0.1, -0.05) is 30.3 Å². The van der Waals surface area contributed by atoms with Gasteiger partial charge in [-0.05, 0) is 19.8 Å². The van der Waals surface area contributed by atoms with Crippen LogP contribution in [0.4, 0.5) is 0 Å². The minimum absolute atomic E-state index is 0.305. The van der Waals surface area contributed by atoms with E-state index < -0.39 is 11.5 Å². The van der Waals surface area contributed by atoms with E-state index in [0.717, 1.165) is 10.6 Å². The first-order valence-electron chi connectivity index (χ1n) is 7.09. The van der Waals surface area contributed by atoms with Crippen LogP contribution in [0.5, 0.6) is 0 Å². The van der Waals surface area contributed by atoms with Crippen molar-refractivity contribution in [2.75, 3.05) is 6.54 Å². The van der Waals surface area contributed by atoms with Gasteiger partial charge in [-0.15, -0.1) is 11.3 Å². The molecule has 0 aliphatic carbocycles. The highest BCUT2D eigenvalue weighted by Gasteiger charge is 2.46. The summed E-state index contributed by atoms with van der Waals surface area (Å²) in [5.41, 5.74) is 0.139. The maximum absolute atomic E-state index is 12.6. The number of aromatic nitrogens is 1. The van der Waals surface area contributed by atoms with Gasteiger partial charge in [0, 0.05) is 17.5 Å². The second-order valence-electron chi connectivity index (χ2n) is 5.54. The Hall–Kier alpha value is -2.21. The number of hydrogen-bond acceptors (Lipinski definition) is 4. The van der Waals surface area contributed by atoms with Gasteiger partial charge >= 0.3 is 5.97 Å². The predicted octanol–water partition coefficient (Wildman–Crippen LogP) is 2.89. The Labute approximate surface area is 132 Å². The topological polar surface area (TPSA) is 70.5 Å². The molecule has 114 valence electrons. The normalized spacial score (nSPS) is 21.0. The van der Waals surface area contributed by atoms with Crippen molar-refractivity contribution in [1.29, 1.82) is 0 Å². The van der Waals surface area contributed by atoms with E-state index in [2.05, 4.69) is 4.98 Å². The standard InChI is InChI=1S/C16H16N2O3S/c1-16(15(20)21)8-5-9-18(16)14(19)12-10-22-13(17-12)11-6-3-2-4-7-11/h2-4,6-7,10H,5,8-9H2,1H3,(H,20,21). The largest absolute Gasteiger partial charge is 0.480 e. The molecule has 0 spiro atoms. The van der Waals surface area contributed by atoms with Crippen LogP contribution in [0.15, 0.2) is 35.7 Å². The SMILES string of the molecule is CC1(C(=O)O)CCCN1C(=O)c1csc(-c2ccccc2)n1. The summed E-state index contributed by atoms with van der Waals surface area (Å²) in [6, 6.07) is 9.63. The molecule has 1 unspecified atom stereocenters. The van der Waals surface area contributed by atoms with Crippen LogP contribution in [0.1, 0.15) is 30.3 Å². The van der Waals surface area contributed by atoms with Crippen molar-refractivity contribution in [2.24, 2.45) is 0 Å². The van der Waals surface area contributed by atoms with Crippen molar-refractivity contribution in [3.63, 3.8) is 0 Å². The minimum atomic E-state index is -1.13.